The molecular weight excluding hydrogens is 741 g/mol. The van der Waals surface area contributed by atoms with Gasteiger partial charge in [0.25, 0.3) is 0 Å². The van der Waals surface area contributed by atoms with E-state index < -0.39 is 0 Å². The molecule has 0 N–H and O–H groups in total. The summed E-state index contributed by atoms with van der Waals surface area (Å²) in [4.78, 5) is 57.7. The Kier molecular flexibility index (Phi) is 11.7. The number of benzene rings is 8. The molecule has 8 rings (SSSR count). The summed E-state index contributed by atoms with van der Waals surface area (Å²) in [6, 6.07) is 67.1. The summed E-state index contributed by atoms with van der Waals surface area (Å²) in [5.41, 5.74) is 8.18. The Morgan fingerprint density at radius 1 is 0.233 bits per heavy atom. The van der Waals surface area contributed by atoms with Gasteiger partial charge in [-0.3, -0.25) is 19.2 Å². The van der Waals surface area contributed by atoms with Crippen LogP contribution in [-0.2, 0) is 0 Å². The molecule has 0 fully saturated rings. The molecule has 0 radical (unpaired) electrons. The number of carbonyl (C=O) groups excluding carboxylic acids is 4. The van der Waals surface area contributed by atoms with Gasteiger partial charge in [-0.25, -0.2) is 0 Å². The normalized spacial score (nSPS) is 10.7. The van der Waals surface area contributed by atoms with Crippen molar-refractivity contribution in [1.29, 1.82) is 0 Å². The highest BCUT2D eigenvalue weighted by Gasteiger charge is 2.19. The molecule has 0 spiro atoms. The second-order valence-corrected chi connectivity index (χ2v) is 14.3. The lowest BCUT2D eigenvalue weighted by Gasteiger charge is -2.31. The zero-order chi connectivity index (χ0) is 41.3. The topological polar surface area (TPSA) is 74.8 Å². The van der Waals surface area contributed by atoms with Crippen molar-refractivity contribution in [2.24, 2.45) is 0 Å². The van der Waals surface area contributed by atoms with Crippen LogP contribution >= 0.6 is 0 Å². The molecule has 0 atom stereocenters. The second kappa shape index (κ2) is 18.1. The number of nitrogens with zero attached hydrogens (tertiary/aromatic N) is 2. The number of hydrogen-bond acceptors (Lipinski definition) is 6. The van der Waals surface area contributed by atoms with Crippen LogP contribution in [0, 0.1) is 0 Å². The summed E-state index contributed by atoms with van der Waals surface area (Å²) < 4.78 is 0. The van der Waals surface area contributed by atoms with Crippen molar-refractivity contribution in [1.82, 2.24) is 0 Å². The Morgan fingerprint density at radius 2 is 0.400 bits per heavy atom. The molecule has 6 heteroatoms. The Morgan fingerprint density at radius 3 is 0.583 bits per heavy atom. The van der Waals surface area contributed by atoms with Gasteiger partial charge in [-0.15, -0.1) is 0 Å². The molecule has 0 saturated heterocycles. The molecule has 60 heavy (non-hydrogen) atoms. The van der Waals surface area contributed by atoms with Gasteiger partial charge in [-0.2, -0.15) is 0 Å². The number of hydrogen-bond donors (Lipinski definition) is 0. The predicted molar refractivity (Wildman–Crippen MR) is 239 cm³/mol. The maximum Gasteiger partial charge on any atom is 0.193 e. The SMILES string of the molecule is O=C(c1ccccc1)c1ccc(N(CCN(c2ccc(C(=O)c3ccccc3)cc2)c2ccc(C(=O)c3ccccc3)cc2)c2ccc(C(=O)c3ccccc3)cc2)cc1. The summed E-state index contributed by atoms with van der Waals surface area (Å²) >= 11 is 0. The monoisotopic (exact) mass is 780 g/mol. The van der Waals surface area contributed by atoms with E-state index in [1.807, 2.05) is 218 Å². The average Bonchev–Trinajstić information content (AvgIpc) is 3.33. The highest BCUT2D eigenvalue weighted by molar-refractivity contribution is 6.11. The van der Waals surface area contributed by atoms with Crippen molar-refractivity contribution in [3.8, 4) is 0 Å². The summed E-state index contributed by atoms with van der Waals surface area (Å²) in [6.45, 7) is 0.959. The van der Waals surface area contributed by atoms with Crippen LogP contribution in [0.1, 0.15) is 63.7 Å². The van der Waals surface area contributed by atoms with Crippen LogP contribution in [0.2, 0.25) is 0 Å². The minimum absolute atomic E-state index is 0.0629. The Balaban J connectivity index is 1.13. The van der Waals surface area contributed by atoms with E-state index in [4.69, 9.17) is 0 Å². The van der Waals surface area contributed by atoms with Crippen molar-refractivity contribution in [2.75, 3.05) is 22.9 Å². The van der Waals surface area contributed by atoms with Crippen molar-refractivity contribution in [3.63, 3.8) is 0 Å². The van der Waals surface area contributed by atoms with Crippen LogP contribution in [0.5, 0.6) is 0 Å². The predicted octanol–water partition coefficient (Wildman–Crippen LogP) is 11.6. The maximum atomic E-state index is 13.3. The van der Waals surface area contributed by atoms with Crippen molar-refractivity contribution < 1.29 is 19.2 Å². The lowest BCUT2D eigenvalue weighted by Crippen LogP contribution is -2.30. The zero-order valence-electron chi connectivity index (χ0n) is 32.7. The van der Waals surface area contributed by atoms with E-state index in [2.05, 4.69) is 9.80 Å². The molecule has 6 nitrogen and oxygen atoms in total. The third-order valence-corrected chi connectivity index (χ3v) is 10.5. The first-order chi connectivity index (χ1) is 29.4. The van der Waals surface area contributed by atoms with Crippen molar-refractivity contribution >= 4 is 45.9 Å². The van der Waals surface area contributed by atoms with E-state index in [0.29, 0.717) is 57.6 Å². The molecule has 0 unspecified atom stereocenters. The molecule has 0 amide bonds. The standard InChI is InChI=1S/C54H40N2O4/c57-51(39-13-5-1-6-14-39)43-21-29-47(30-22-43)55(48-31-23-44(24-32-48)52(58)40-15-7-2-8-16-40)37-38-56(49-33-25-45(26-34-49)53(59)41-17-9-3-10-18-41)50-35-27-46(28-36-50)54(60)42-19-11-4-12-20-42/h1-36H,37-38H2. The fourth-order valence-electron chi connectivity index (χ4n) is 7.21. The van der Waals surface area contributed by atoms with Gasteiger partial charge in [0.15, 0.2) is 23.1 Å². The van der Waals surface area contributed by atoms with Gasteiger partial charge in [0.05, 0.1) is 0 Å². The first-order valence-corrected chi connectivity index (χ1v) is 19.8. The minimum atomic E-state index is -0.0629. The Bertz CT molecular complexity index is 2330. The Labute approximate surface area is 349 Å². The van der Waals surface area contributed by atoms with Gasteiger partial charge in [-0.1, -0.05) is 121 Å². The maximum absolute atomic E-state index is 13.3. The molecule has 0 aliphatic rings. The minimum Gasteiger partial charge on any atom is -0.340 e. The van der Waals surface area contributed by atoms with Gasteiger partial charge in [0.2, 0.25) is 0 Å². The van der Waals surface area contributed by atoms with Crippen LogP contribution in [-0.4, -0.2) is 36.2 Å². The third-order valence-electron chi connectivity index (χ3n) is 10.5. The lowest BCUT2D eigenvalue weighted by atomic mass is 10.0. The summed E-state index contributed by atoms with van der Waals surface area (Å²) in [5.74, 6) is -0.252. The molecule has 0 aliphatic heterocycles. The van der Waals surface area contributed by atoms with Gasteiger partial charge < -0.3 is 9.80 Å². The van der Waals surface area contributed by atoms with Crippen molar-refractivity contribution in [3.05, 3.63) is 263 Å². The van der Waals surface area contributed by atoms with E-state index in [-0.39, 0.29) is 23.1 Å². The molecular formula is C54H40N2O4. The quantitative estimate of drug-likeness (QED) is 0.0965. The zero-order valence-corrected chi connectivity index (χ0v) is 32.7. The van der Waals surface area contributed by atoms with E-state index in [9.17, 15) is 19.2 Å². The lowest BCUT2D eigenvalue weighted by molar-refractivity contribution is 0.103. The first-order valence-electron chi connectivity index (χ1n) is 19.8. The van der Waals surface area contributed by atoms with Gasteiger partial charge in [0.1, 0.15) is 0 Å². The van der Waals surface area contributed by atoms with Gasteiger partial charge in [-0.05, 0) is 97.1 Å². The fourth-order valence-corrected chi connectivity index (χ4v) is 7.21. The highest BCUT2D eigenvalue weighted by atomic mass is 16.1. The smallest absolute Gasteiger partial charge is 0.193 e. The average molecular weight is 781 g/mol. The third kappa shape index (κ3) is 8.79. The number of ketones is 4. The van der Waals surface area contributed by atoms with Crippen LogP contribution in [0.4, 0.5) is 22.7 Å². The van der Waals surface area contributed by atoms with Crippen molar-refractivity contribution in [2.45, 2.75) is 0 Å². The molecule has 0 bridgehead atoms. The Hall–Kier alpha value is -7.96. The molecule has 0 saturated carbocycles. The van der Waals surface area contributed by atoms with Crippen LogP contribution in [0.25, 0.3) is 0 Å². The van der Waals surface area contributed by atoms with E-state index in [1.54, 1.807) is 0 Å². The van der Waals surface area contributed by atoms with Crippen LogP contribution in [0.15, 0.2) is 218 Å². The van der Waals surface area contributed by atoms with Crippen LogP contribution in [0.3, 0.4) is 0 Å². The molecule has 0 aliphatic carbocycles. The number of anilines is 4. The van der Waals surface area contributed by atoms with Gasteiger partial charge >= 0.3 is 0 Å². The molecule has 0 aromatic heterocycles. The molecule has 8 aromatic rings. The molecule has 8 aromatic carbocycles. The van der Waals surface area contributed by atoms with E-state index in [1.165, 1.54) is 0 Å². The fraction of sp³-hybridized carbons (Fsp3) is 0.0370. The number of carbonyl (C=O) groups is 4. The molecule has 0 heterocycles. The van der Waals surface area contributed by atoms with E-state index in [0.717, 1.165) is 22.7 Å². The van der Waals surface area contributed by atoms with E-state index >= 15 is 0 Å². The summed E-state index contributed by atoms with van der Waals surface area (Å²) in [7, 11) is 0. The largest absolute Gasteiger partial charge is 0.340 e. The first kappa shape index (κ1) is 38.9. The molecule has 290 valence electrons. The second-order valence-electron chi connectivity index (χ2n) is 14.3. The summed E-state index contributed by atoms with van der Waals surface area (Å²) in [6.07, 6.45) is 0. The highest BCUT2D eigenvalue weighted by Crippen LogP contribution is 2.31. The summed E-state index contributed by atoms with van der Waals surface area (Å²) in [5, 5.41) is 0. The van der Waals surface area contributed by atoms with Crippen LogP contribution < -0.4 is 9.80 Å². The van der Waals surface area contributed by atoms with Gasteiger partial charge in [0, 0.05) is 80.3 Å². The number of rotatable bonds is 15.